The van der Waals surface area contributed by atoms with Crippen LogP contribution in [-0.2, 0) is 0 Å². The van der Waals surface area contributed by atoms with E-state index >= 15 is 0 Å². The summed E-state index contributed by atoms with van der Waals surface area (Å²) in [6.07, 6.45) is 6.34. The summed E-state index contributed by atoms with van der Waals surface area (Å²) in [5, 5.41) is 8.05. The number of ether oxygens (including phenoxy) is 1. The number of fused-ring (bicyclic) bond motifs is 1. The van der Waals surface area contributed by atoms with Gasteiger partial charge in [-0.05, 0) is 37.8 Å². The van der Waals surface area contributed by atoms with Gasteiger partial charge >= 0.3 is 0 Å². The molecule has 17 heavy (non-hydrogen) atoms. The molecule has 0 aliphatic heterocycles. The number of aromatic amines is 1. The van der Waals surface area contributed by atoms with Crippen molar-refractivity contribution < 1.29 is 4.74 Å². The highest BCUT2D eigenvalue weighted by molar-refractivity contribution is 5.84. The van der Waals surface area contributed by atoms with Gasteiger partial charge in [0.2, 0.25) is 0 Å². The van der Waals surface area contributed by atoms with E-state index in [1.807, 2.05) is 24.4 Å². The fourth-order valence-electron chi connectivity index (χ4n) is 2.43. The summed E-state index contributed by atoms with van der Waals surface area (Å²) in [6.45, 7) is 0. The molecule has 1 aromatic heterocycles. The standard InChI is InChI=1S/C13H17N3O/c14-9-4-6-10(7-5-9)17-13-3-1-2-12-11(13)8-15-16-12/h1-3,8-10H,4-7,14H2,(H,15,16)/t9-,10+. The maximum Gasteiger partial charge on any atom is 0.130 e. The molecule has 0 saturated heterocycles. The number of nitrogens with two attached hydrogens (primary N) is 1. The molecule has 3 N–H and O–H groups in total. The molecule has 0 bridgehead atoms. The molecule has 0 spiro atoms. The van der Waals surface area contributed by atoms with Crippen molar-refractivity contribution >= 4 is 10.9 Å². The van der Waals surface area contributed by atoms with E-state index < -0.39 is 0 Å². The Labute approximate surface area is 100 Å². The lowest BCUT2D eigenvalue weighted by atomic mass is 9.94. The van der Waals surface area contributed by atoms with Crippen LogP contribution < -0.4 is 10.5 Å². The predicted octanol–water partition coefficient (Wildman–Crippen LogP) is 2.21. The zero-order valence-corrected chi connectivity index (χ0v) is 9.73. The number of nitrogens with zero attached hydrogens (tertiary/aromatic N) is 1. The van der Waals surface area contributed by atoms with E-state index in [1.54, 1.807) is 0 Å². The van der Waals surface area contributed by atoms with Gasteiger partial charge in [-0.15, -0.1) is 0 Å². The van der Waals surface area contributed by atoms with Gasteiger partial charge in [-0.3, -0.25) is 5.10 Å². The van der Waals surface area contributed by atoms with Crippen molar-refractivity contribution in [3.05, 3.63) is 24.4 Å². The molecule has 4 nitrogen and oxygen atoms in total. The van der Waals surface area contributed by atoms with Crippen LogP contribution in [0.15, 0.2) is 24.4 Å². The van der Waals surface area contributed by atoms with E-state index in [2.05, 4.69) is 10.2 Å². The average Bonchev–Trinajstić information content (AvgIpc) is 2.81. The normalized spacial score (nSPS) is 25.0. The second-order valence-electron chi connectivity index (χ2n) is 4.74. The SMILES string of the molecule is N[C@H]1CC[C@@H](Oc2cccc3[nH]ncc23)CC1. The molecule has 1 saturated carbocycles. The third-order valence-electron chi connectivity index (χ3n) is 3.46. The second kappa shape index (κ2) is 4.37. The first-order valence-corrected chi connectivity index (χ1v) is 6.17. The molecule has 90 valence electrons. The van der Waals surface area contributed by atoms with Crippen LogP contribution in [0.4, 0.5) is 0 Å². The molecular formula is C13H17N3O. The monoisotopic (exact) mass is 231 g/mol. The summed E-state index contributed by atoms with van der Waals surface area (Å²) < 4.78 is 6.06. The molecule has 0 amide bonds. The predicted molar refractivity (Wildman–Crippen MR) is 67.0 cm³/mol. The van der Waals surface area contributed by atoms with E-state index in [-0.39, 0.29) is 0 Å². The van der Waals surface area contributed by atoms with Crippen molar-refractivity contribution in [3.8, 4) is 5.75 Å². The molecule has 0 atom stereocenters. The Morgan fingerprint density at radius 2 is 2.06 bits per heavy atom. The van der Waals surface area contributed by atoms with E-state index in [0.29, 0.717) is 12.1 Å². The first-order valence-electron chi connectivity index (χ1n) is 6.17. The molecule has 1 fully saturated rings. The van der Waals surface area contributed by atoms with Crippen molar-refractivity contribution in [1.29, 1.82) is 0 Å². The van der Waals surface area contributed by atoms with E-state index in [1.165, 1.54) is 0 Å². The lowest BCUT2D eigenvalue weighted by Gasteiger charge is -2.26. The van der Waals surface area contributed by atoms with Gasteiger partial charge in [-0.2, -0.15) is 5.10 Å². The Balaban J connectivity index is 1.78. The smallest absolute Gasteiger partial charge is 0.130 e. The van der Waals surface area contributed by atoms with Crippen molar-refractivity contribution in [2.24, 2.45) is 5.73 Å². The average molecular weight is 231 g/mol. The minimum atomic E-state index is 0.301. The van der Waals surface area contributed by atoms with Gasteiger partial charge in [0.25, 0.3) is 0 Å². The molecule has 1 aromatic carbocycles. The molecule has 1 aliphatic rings. The molecule has 3 rings (SSSR count). The number of benzene rings is 1. The maximum absolute atomic E-state index is 6.06. The van der Waals surface area contributed by atoms with Gasteiger partial charge in [0.1, 0.15) is 5.75 Å². The third-order valence-corrected chi connectivity index (χ3v) is 3.46. The van der Waals surface area contributed by atoms with Crippen LogP contribution in [0.3, 0.4) is 0 Å². The largest absolute Gasteiger partial charge is 0.490 e. The maximum atomic E-state index is 6.06. The Bertz CT molecular complexity index is 500. The van der Waals surface area contributed by atoms with Crippen molar-refractivity contribution in [2.75, 3.05) is 0 Å². The van der Waals surface area contributed by atoms with Crippen molar-refractivity contribution in [2.45, 2.75) is 37.8 Å². The van der Waals surface area contributed by atoms with Crippen LogP contribution in [0.1, 0.15) is 25.7 Å². The zero-order chi connectivity index (χ0) is 11.7. The van der Waals surface area contributed by atoms with Gasteiger partial charge < -0.3 is 10.5 Å². The summed E-state index contributed by atoms with van der Waals surface area (Å²) in [5.41, 5.74) is 6.92. The molecule has 1 heterocycles. The molecule has 2 aromatic rings. The van der Waals surface area contributed by atoms with Crippen LogP contribution in [-0.4, -0.2) is 22.3 Å². The van der Waals surface area contributed by atoms with E-state index in [4.69, 9.17) is 10.5 Å². The quantitative estimate of drug-likeness (QED) is 0.833. The number of hydrogen-bond acceptors (Lipinski definition) is 3. The topological polar surface area (TPSA) is 63.9 Å². The van der Waals surface area contributed by atoms with Crippen LogP contribution in [0, 0.1) is 0 Å². The minimum absolute atomic E-state index is 0.301. The number of hydrogen-bond donors (Lipinski definition) is 2. The molecule has 1 aliphatic carbocycles. The number of aromatic nitrogens is 2. The molecule has 0 unspecified atom stereocenters. The summed E-state index contributed by atoms with van der Waals surface area (Å²) in [7, 11) is 0. The lowest BCUT2D eigenvalue weighted by molar-refractivity contribution is 0.149. The summed E-state index contributed by atoms with van der Waals surface area (Å²) in [4.78, 5) is 0. The van der Waals surface area contributed by atoms with Crippen molar-refractivity contribution in [1.82, 2.24) is 10.2 Å². The Morgan fingerprint density at radius 1 is 1.24 bits per heavy atom. The summed E-state index contributed by atoms with van der Waals surface area (Å²) in [6, 6.07) is 6.36. The fourth-order valence-corrected chi connectivity index (χ4v) is 2.43. The summed E-state index contributed by atoms with van der Waals surface area (Å²) in [5.74, 6) is 0.928. The number of nitrogens with one attached hydrogen (secondary N) is 1. The first-order chi connectivity index (χ1) is 8.33. The zero-order valence-electron chi connectivity index (χ0n) is 9.73. The molecule has 0 radical (unpaired) electrons. The van der Waals surface area contributed by atoms with E-state index in [0.717, 1.165) is 42.3 Å². The van der Waals surface area contributed by atoms with Gasteiger partial charge in [0, 0.05) is 6.04 Å². The van der Waals surface area contributed by atoms with Gasteiger partial charge in [0.15, 0.2) is 0 Å². The third kappa shape index (κ3) is 2.13. The van der Waals surface area contributed by atoms with Crippen LogP contribution in [0.2, 0.25) is 0 Å². The fraction of sp³-hybridized carbons (Fsp3) is 0.462. The summed E-state index contributed by atoms with van der Waals surface area (Å²) >= 11 is 0. The van der Waals surface area contributed by atoms with Gasteiger partial charge in [-0.25, -0.2) is 0 Å². The van der Waals surface area contributed by atoms with Crippen LogP contribution >= 0.6 is 0 Å². The Hall–Kier alpha value is -1.55. The Morgan fingerprint density at radius 3 is 2.88 bits per heavy atom. The Kier molecular flexibility index (Phi) is 2.73. The highest BCUT2D eigenvalue weighted by atomic mass is 16.5. The lowest BCUT2D eigenvalue weighted by Crippen LogP contribution is -2.31. The number of H-pyrrole nitrogens is 1. The van der Waals surface area contributed by atoms with Crippen LogP contribution in [0.5, 0.6) is 5.75 Å². The highest BCUT2D eigenvalue weighted by Crippen LogP contribution is 2.28. The minimum Gasteiger partial charge on any atom is -0.490 e. The first kappa shape index (κ1) is 10.6. The second-order valence-corrected chi connectivity index (χ2v) is 4.74. The highest BCUT2D eigenvalue weighted by Gasteiger charge is 2.20. The van der Waals surface area contributed by atoms with Crippen LogP contribution in [0.25, 0.3) is 10.9 Å². The molecule has 4 heteroatoms. The molecular weight excluding hydrogens is 214 g/mol. The van der Waals surface area contributed by atoms with Gasteiger partial charge in [-0.1, -0.05) is 6.07 Å². The van der Waals surface area contributed by atoms with E-state index in [9.17, 15) is 0 Å². The van der Waals surface area contributed by atoms with Crippen molar-refractivity contribution in [3.63, 3.8) is 0 Å². The van der Waals surface area contributed by atoms with Gasteiger partial charge in [0.05, 0.1) is 23.2 Å². The number of rotatable bonds is 2.